The number of piperidine rings is 1. The molecule has 0 amide bonds. The first-order valence-electron chi connectivity index (χ1n) is 22.5. The van der Waals surface area contributed by atoms with Crippen LogP contribution in [0.3, 0.4) is 0 Å². The molecule has 2 aromatic carbocycles. The van der Waals surface area contributed by atoms with Crippen molar-refractivity contribution in [2.45, 2.75) is 87.5 Å². The molecule has 3 aromatic rings. The van der Waals surface area contributed by atoms with Crippen molar-refractivity contribution < 1.29 is 44.7 Å². The molecule has 0 radical (unpaired) electrons. The Hall–Kier alpha value is -3.38. The minimum atomic E-state index is -1.25. The molecule has 330 valence electrons. The third-order valence-electron chi connectivity index (χ3n) is 14.9. The molecule has 2 saturated heterocycles. The van der Waals surface area contributed by atoms with Gasteiger partial charge < -0.3 is 54.1 Å². The number of likely N-dealkylation sites (tertiary alicyclic amines) is 1. The number of phenolic OH excluding ortho intramolecular Hbond substituents is 1. The predicted octanol–water partition coefficient (Wildman–Crippen LogP) is -1.30. The number of fused-ring (bicyclic) bond motifs is 4. The Labute approximate surface area is 382 Å². The van der Waals surface area contributed by atoms with Gasteiger partial charge >= 0.3 is 25.8 Å². The number of phenols is 1. The molecule has 1 saturated carbocycles. The number of aromatic hydroxyl groups is 1. The van der Waals surface area contributed by atoms with Crippen molar-refractivity contribution in [3.63, 3.8) is 0 Å². The molecule has 6 aliphatic rings. The summed E-state index contributed by atoms with van der Waals surface area (Å²) in [5, 5.41) is 60.4. The number of hydrogen-bond acceptors (Lipinski definition) is 14. The van der Waals surface area contributed by atoms with Gasteiger partial charge in [-0.2, -0.15) is 0 Å². The molecule has 1 spiro atoms. The maximum Gasteiger partial charge on any atom is 3.00 e. The molecule has 9 rings (SSSR count). The Morgan fingerprint density at radius 2 is 1.32 bits per heavy atom. The summed E-state index contributed by atoms with van der Waals surface area (Å²) in [6.45, 7) is 5.90. The third kappa shape index (κ3) is 8.61. The van der Waals surface area contributed by atoms with E-state index in [1.807, 2.05) is 0 Å². The summed E-state index contributed by atoms with van der Waals surface area (Å²) in [4.78, 5) is 44.7. The number of carboxylic acids is 3. The van der Waals surface area contributed by atoms with Crippen molar-refractivity contribution in [1.82, 2.24) is 29.1 Å². The molecular formula is C46H59InN6O9. The number of unbranched alkanes of at least 4 members (excludes halogenated alkanes) is 3. The van der Waals surface area contributed by atoms with Gasteiger partial charge in [-0.1, -0.05) is 37.1 Å². The Morgan fingerprint density at radius 3 is 1.92 bits per heavy atom. The Balaban J connectivity index is 0.00000529. The van der Waals surface area contributed by atoms with E-state index in [1.165, 1.54) is 18.4 Å². The summed E-state index contributed by atoms with van der Waals surface area (Å²) in [5.41, 5.74) is 3.96. The zero-order valence-corrected chi connectivity index (χ0v) is 39.0. The van der Waals surface area contributed by atoms with Gasteiger partial charge in [0.1, 0.15) is 0 Å². The van der Waals surface area contributed by atoms with Gasteiger partial charge in [0.25, 0.3) is 0 Å². The molecule has 2 bridgehead atoms. The number of carbonyl (C=O) groups excluding carboxylic acids is 3. The van der Waals surface area contributed by atoms with Crippen molar-refractivity contribution in [2.75, 3.05) is 91.6 Å². The number of aromatic nitrogens is 1. The number of aliphatic carboxylic acids is 3. The van der Waals surface area contributed by atoms with Gasteiger partial charge in [-0.3, -0.25) is 19.6 Å². The second kappa shape index (κ2) is 18.6. The van der Waals surface area contributed by atoms with Crippen LogP contribution in [-0.2, 0) is 39.2 Å². The quantitative estimate of drug-likeness (QED) is 0.171. The fourth-order valence-corrected chi connectivity index (χ4v) is 11.8. The number of ether oxygens (including phenoxy) is 1. The second-order valence-electron chi connectivity index (χ2n) is 18.7. The van der Waals surface area contributed by atoms with Crippen LogP contribution < -0.4 is 20.1 Å². The summed E-state index contributed by atoms with van der Waals surface area (Å²) in [6, 6.07) is 12.3. The molecule has 0 unspecified atom stereocenters. The van der Waals surface area contributed by atoms with Crippen LogP contribution in [0.15, 0.2) is 36.4 Å². The van der Waals surface area contributed by atoms with Crippen LogP contribution in [0.4, 0.5) is 0 Å². The number of nitrogens with zero attached hydrogens (tertiary/aromatic N) is 6. The number of aryl methyl sites for hydroxylation is 1. The monoisotopic (exact) mass is 954 g/mol. The van der Waals surface area contributed by atoms with Crippen molar-refractivity contribution in [3.05, 3.63) is 58.8 Å². The molecule has 4 heterocycles. The van der Waals surface area contributed by atoms with Crippen molar-refractivity contribution >= 4 is 54.7 Å². The van der Waals surface area contributed by atoms with E-state index in [-0.39, 0.29) is 57.3 Å². The molecule has 3 aliphatic carbocycles. The number of rotatable bonds is 15. The van der Waals surface area contributed by atoms with Crippen LogP contribution in [0, 0.1) is 5.92 Å². The third-order valence-corrected chi connectivity index (χ3v) is 14.9. The molecule has 1 aromatic heterocycles. The second-order valence-corrected chi connectivity index (χ2v) is 18.7. The van der Waals surface area contributed by atoms with E-state index in [0.29, 0.717) is 70.4 Å². The molecule has 3 fully saturated rings. The fourth-order valence-electron chi connectivity index (χ4n) is 11.8. The molecule has 3 aliphatic heterocycles. The van der Waals surface area contributed by atoms with Crippen molar-refractivity contribution in [2.24, 2.45) is 5.92 Å². The van der Waals surface area contributed by atoms with E-state index in [0.717, 1.165) is 92.4 Å². The van der Waals surface area contributed by atoms with Crippen LogP contribution in [0.25, 0.3) is 10.9 Å². The Kier molecular flexibility index (Phi) is 13.6. The first-order valence-corrected chi connectivity index (χ1v) is 22.5. The van der Waals surface area contributed by atoms with Gasteiger partial charge in [-0.15, -0.1) is 0 Å². The minimum Gasteiger partial charge on any atom is -0.549 e. The molecule has 16 heteroatoms. The fraction of sp³-hybridized carbons (Fsp3) is 0.630. The topological polar surface area (TPSA) is 191 Å². The number of benzene rings is 2. The predicted molar refractivity (Wildman–Crippen MR) is 225 cm³/mol. The number of carboxylic acid groups (broad SMARTS) is 3. The van der Waals surface area contributed by atoms with Crippen LogP contribution in [0.2, 0.25) is 0 Å². The van der Waals surface area contributed by atoms with E-state index in [2.05, 4.69) is 44.7 Å². The standard InChI is InChI=1S/C46H62N6O9.In/c53-36-12-11-32-25-37-46(60)26-34-33-7-3-4-8-35(33)52(42(34)44-45(46,41(32)43(36)61-44)13-16-51(37)27-31-9-10-31)15-6-2-1-5-14-47-17-19-48(28-38(54)55)21-23-50(30-40(58)59)24-22-49(20-18-47)29-39(56)57;/h3-4,7-8,11-12,31,37,44,53,60H,1-2,5-6,9-10,13-30H2,(H,54,55)(H,56,57)(H,58,59);/q;+3/p-3/t37-,44-,45-,46+;/m0./s1. The van der Waals surface area contributed by atoms with E-state index in [1.54, 1.807) is 20.8 Å². The number of carbonyl (C=O) groups is 3. The Bertz CT molecular complexity index is 2120. The summed E-state index contributed by atoms with van der Waals surface area (Å²) < 4.78 is 9.42. The van der Waals surface area contributed by atoms with Crippen LogP contribution >= 0.6 is 0 Å². The van der Waals surface area contributed by atoms with Crippen LogP contribution in [0.1, 0.15) is 73.4 Å². The van der Waals surface area contributed by atoms with Gasteiger partial charge in [0.05, 0.1) is 34.6 Å². The van der Waals surface area contributed by atoms with Crippen molar-refractivity contribution in [3.8, 4) is 11.5 Å². The number of aliphatic hydroxyl groups is 1. The average molecular weight is 955 g/mol. The smallest absolute Gasteiger partial charge is 0.549 e. The maximum absolute atomic E-state index is 13.3. The van der Waals surface area contributed by atoms with E-state index in [9.17, 15) is 39.9 Å². The van der Waals surface area contributed by atoms with E-state index in [4.69, 9.17) is 4.74 Å². The molecular weight excluding hydrogens is 895 g/mol. The number of hydrogen-bond donors (Lipinski definition) is 2. The summed E-state index contributed by atoms with van der Waals surface area (Å²) in [5.74, 6) is -2.23. The molecule has 2 N–H and O–H groups in total. The molecule has 4 atom stereocenters. The SMILES string of the molecule is O=C([O-])CN1CCN(CCCCCCn2c3c(c4ccccc42)C[C@@]2(O)[C@@H]4Cc5ccc(O)c6c5[C@@]2(CCN4CC2CC2)[C@H]3O6)CCN(CC(=O)[O-])CCN(CC(=O)[O-])CC1.[In+3]. The van der Waals surface area contributed by atoms with Crippen molar-refractivity contribution in [1.29, 1.82) is 0 Å². The summed E-state index contributed by atoms with van der Waals surface area (Å²) in [7, 11) is 0. The van der Waals surface area contributed by atoms with Gasteiger partial charge in [0, 0.05) is 114 Å². The summed E-state index contributed by atoms with van der Waals surface area (Å²) >= 11 is 0. The maximum atomic E-state index is 13.3. The molecule has 62 heavy (non-hydrogen) atoms. The van der Waals surface area contributed by atoms with Gasteiger partial charge in [0.15, 0.2) is 17.6 Å². The van der Waals surface area contributed by atoms with Gasteiger partial charge in [0.2, 0.25) is 0 Å². The van der Waals surface area contributed by atoms with Gasteiger partial charge in [-0.05, 0) is 80.8 Å². The zero-order valence-electron chi connectivity index (χ0n) is 35.7. The van der Waals surface area contributed by atoms with Crippen LogP contribution in [0.5, 0.6) is 11.5 Å². The van der Waals surface area contributed by atoms with E-state index >= 15 is 0 Å². The number of para-hydroxylation sites is 1. The first kappa shape index (κ1) is 45.2. The Morgan fingerprint density at radius 1 is 0.742 bits per heavy atom. The zero-order chi connectivity index (χ0) is 42.5. The van der Waals surface area contributed by atoms with E-state index < -0.39 is 35.0 Å². The van der Waals surface area contributed by atoms with Gasteiger partial charge in [-0.25, -0.2) is 0 Å². The van der Waals surface area contributed by atoms with Crippen LogP contribution in [-0.4, -0.2) is 186 Å². The summed E-state index contributed by atoms with van der Waals surface area (Å²) in [6.07, 6.45) is 7.94. The minimum absolute atomic E-state index is 0. The average Bonchev–Trinajstić information content (AvgIpc) is 3.89. The largest absolute Gasteiger partial charge is 3.00 e. The first-order chi connectivity index (χ1) is 29.4. The molecule has 15 nitrogen and oxygen atoms in total. The normalized spacial score (nSPS) is 27.0.